The van der Waals surface area contributed by atoms with Crippen molar-refractivity contribution >= 4 is 10.0 Å². The summed E-state index contributed by atoms with van der Waals surface area (Å²) in [5, 5.41) is 0. The van der Waals surface area contributed by atoms with Gasteiger partial charge in [0.25, 0.3) is 0 Å². The number of aryl methyl sites for hydroxylation is 1. The van der Waals surface area contributed by atoms with Crippen molar-refractivity contribution in [2.75, 3.05) is 13.1 Å². The van der Waals surface area contributed by atoms with Crippen LogP contribution in [0, 0.1) is 24.2 Å². The second kappa shape index (κ2) is 6.40. The normalized spacial score (nSPS) is 11.8. The van der Waals surface area contributed by atoms with Gasteiger partial charge in [0, 0.05) is 12.1 Å². The maximum Gasteiger partial charge on any atom is 0.241 e. The molecule has 110 valence electrons. The number of hydrogen-bond donors (Lipinski definition) is 2. The van der Waals surface area contributed by atoms with Crippen molar-refractivity contribution in [1.29, 1.82) is 0 Å². The summed E-state index contributed by atoms with van der Waals surface area (Å²) in [7, 11) is -3.56. The largest absolute Gasteiger partial charge is 0.320 e. The van der Waals surface area contributed by atoms with Crippen molar-refractivity contribution in [2.24, 2.45) is 11.1 Å². The third kappa shape index (κ3) is 4.97. The van der Waals surface area contributed by atoms with Crippen molar-refractivity contribution in [3.8, 4) is 11.8 Å². The Labute approximate surface area is 121 Å². The Balaban J connectivity index is 3.18. The molecule has 0 aromatic heterocycles. The molecule has 0 unspecified atom stereocenters. The van der Waals surface area contributed by atoms with Gasteiger partial charge in [-0.25, -0.2) is 13.1 Å². The molecule has 0 atom stereocenters. The van der Waals surface area contributed by atoms with Gasteiger partial charge in [-0.2, -0.15) is 0 Å². The fourth-order valence-electron chi connectivity index (χ4n) is 1.51. The van der Waals surface area contributed by atoms with Crippen molar-refractivity contribution in [1.82, 2.24) is 4.72 Å². The van der Waals surface area contributed by atoms with Crippen LogP contribution >= 0.6 is 0 Å². The van der Waals surface area contributed by atoms with E-state index in [1.54, 1.807) is 18.2 Å². The minimum absolute atomic E-state index is 0.124. The van der Waals surface area contributed by atoms with E-state index in [0.717, 1.165) is 5.56 Å². The van der Waals surface area contributed by atoms with E-state index in [4.69, 9.17) is 5.73 Å². The quantitative estimate of drug-likeness (QED) is 0.832. The summed E-state index contributed by atoms with van der Waals surface area (Å²) < 4.78 is 27.4. The summed E-state index contributed by atoms with van der Waals surface area (Å²) in [6.45, 7) is 8.38. The number of nitrogens with two attached hydrogens (primary N) is 1. The van der Waals surface area contributed by atoms with E-state index in [1.165, 1.54) is 0 Å². The van der Waals surface area contributed by atoms with Crippen LogP contribution in [0.25, 0.3) is 0 Å². The lowest BCUT2D eigenvalue weighted by Crippen LogP contribution is -2.32. The number of hydrogen-bond acceptors (Lipinski definition) is 3. The zero-order valence-electron chi connectivity index (χ0n) is 12.4. The van der Waals surface area contributed by atoms with Gasteiger partial charge in [-0.3, -0.25) is 0 Å². The number of rotatable bonds is 3. The van der Waals surface area contributed by atoms with Gasteiger partial charge in [-0.1, -0.05) is 38.7 Å². The summed E-state index contributed by atoms with van der Waals surface area (Å²) in [6.07, 6.45) is 0. The maximum absolute atomic E-state index is 12.4. The predicted molar refractivity (Wildman–Crippen MR) is 81.8 cm³/mol. The molecular weight excluding hydrogens is 272 g/mol. The topological polar surface area (TPSA) is 72.2 Å². The van der Waals surface area contributed by atoms with Gasteiger partial charge in [0.05, 0.1) is 11.4 Å². The van der Waals surface area contributed by atoms with E-state index >= 15 is 0 Å². The average Bonchev–Trinajstić information content (AvgIpc) is 2.33. The smallest absolute Gasteiger partial charge is 0.241 e. The molecule has 0 aliphatic carbocycles. The van der Waals surface area contributed by atoms with Gasteiger partial charge in [0.2, 0.25) is 10.0 Å². The fourth-order valence-corrected chi connectivity index (χ4v) is 2.94. The van der Waals surface area contributed by atoms with Crippen LogP contribution in [-0.2, 0) is 10.0 Å². The molecule has 0 fully saturated rings. The zero-order chi connectivity index (χ0) is 15.4. The van der Waals surface area contributed by atoms with E-state index in [1.807, 2.05) is 27.7 Å². The third-order valence-electron chi connectivity index (χ3n) is 2.54. The van der Waals surface area contributed by atoms with Crippen molar-refractivity contribution < 1.29 is 8.42 Å². The molecule has 0 amide bonds. The monoisotopic (exact) mass is 294 g/mol. The van der Waals surface area contributed by atoms with Crippen LogP contribution in [0.2, 0.25) is 0 Å². The highest BCUT2D eigenvalue weighted by molar-refractivity contribution is 7.89. The van der Waals surface area contributed by atoms with E-state index < -0.39 is 10.0 Å². The fraction of sp³-hybridized carbons (Fsp3) is 0.467. The highest BCUT2D eigenvalue weighted by atomic mass is 32.2. The Bertz CT molecular complexity index is 632. The van der Waals surface area contributed by atoms with E-state index in [9.17, 15) is 8.42 Å². The van der Waals surface area contributed by atoms with E-state index in [0.29, 0.717) is 12.1 Å². The minimum Gasteiger partial charge on any atom is -0.320 e. The number of benzene rings is 1. The Morgan fingerprint density at radius 2 is 1.95 bits per heavy atom. The van der Waals surface area contributed by atoms with Gasteiger partial charge in [0.15, 0.2) is 0 Å². The average molecular weight is 294 g/mol. The van der Waals surface area contributed by atoms with E-state index in [2.05, 4.69) is 16.6 Å². The molecule has 0 radical (unpaired) electrons. The molecule has 0 heterocycles. The molecule has 1 aromatic carbocycles. The molecule has 0 aliphatic heterocycles. The molecule has 5 heteroatoms. The standard InChI is InChI=1S/C15H22N2O2S/c1-12-7-8-14(13(10-12)6-5-9-16)20(18,19)17-11-15(2,3)4/h7-8,10,17H,9,11,16H2,1-4H3. The summed E-state index contributed by atoms with van der Waals surface area (Å²) in [4.78, 5) is 0.202. The Kier molecular flexibility index (Phi) is 5.35. The Morgan fingerprint density at radius 1 is 1.30 bits per heavy atom. The minimum atomic E-state index is -3.56. The Hall–Kier alpha value is -1.35. The predicted octanol–water partition coefficient (Wildman–Crippen LogP) is 1.63. The molecule has 0 saturated heterocycles. The first-order valence-corrected chi connectivity index (χ1v) is 7.93. The molecule has 1 rings (SSSR count). The van der Waals surface area contributed by atoms with Crippen molar-refractivity contribution in [3.05, 3.63) is 29.3 Å². The first-order valence-electron chi connectivity index (χ1n) is 6.45. The summed E-state index contributed by atoms with van der Waals surface area (Å²) in [5.41, 5.74) is 6.67. The van der Waals surface area contributed by atoms with Gasteiger partial charge in [-0.15, -0.1) is 0 Å². The van der Waals surface area contributed by atoms with Crippen LogP contribution in [0.15, 0.2) is 23.1 Å². The van der Waals surface area contributed by atoms with Gasteiger partial charge in [-0.05, 0) is 30.0 Å². The lowest BCUT2D eigenvalue weighted by Gasteiger charge is -2.19. The molecule has 3 N–H and O–H groups in total. The second-order valence-electron chi connectivity index (χ2n) is 5.89. The Morgan fingerprint density at radius 3 is 2.50 bits per heavy atom. The van der Waals surface area contributed by atoms with Crippen LogP contribution < -0.4 is 10.5 Å². The summed E-state index contributed by atoms with van der Waals surface area (Å²) in [5.74, 6) is 5.53. The first kappa shape index (κ1) is 16.7. The maximum atomic E-state index is 12.4. The molecule has 0 aliphatic rings. The molecule has 20 heavy (non-hydrogen) atoms. The lowest BCUT2D eigenvalue weighted by molar-refractivity contribution is 0.407. The van der Waals surface area contributed by atoms with Crippen molar-refractivity contribution in [2.45, 2.75) is 32.6 Å². The SMILES string of the molecule is Cc1ccc(S(=O)(=O)NCC(C)(C)C)c(C#CCN)c1. The molecule has 4 nitrogen and oxygen atoms in total. The van der Waals surface area contributed by atoms with Gasteiger partial charge in [0.1, 0.15) is 0 Å². The molecular formula is C15H22N2O2S. The number of nitrogens with one attached hydrogen (secondary N) is 1. The summed E-state index contributed by atoms with van der Waals surface area (Å²) >= 11 is 0. The highest BCUT2D eigenvalue weighted by Gasteiger charge is 2.20. The van der Waals surface area contributed by atoms with Crippen LogP contribution in [0.3, 0.4) is 0 Å². The third-order valence-corrected chi connectivity index (χ3v) is 4.00. The van der Waals surface area contributed by atoms with Gasteiger partial charge >= 0.3 is 0 Å². The van der Waals surface area contributed by atoms with Crippen LogP contribution in [-0.4, -0.2) is 21.5 Å². The first-order chi connectivity index (χ1) is 9.15. The molecule has 0 saturated carbocycles. The zero-order valence-corrected chi connectivity index (χ0v) is 13.3. The molecule has 0 spiro atoms. The molecule has 0 bridgehead atoms. The highest BCUT2D eigenvalue weighted by Crippen LogP contribution is 2.18. The number of sulfonamides is 1. The lowest BCUT2D eigenvalue weighted by atomic mass is 9.98. The van der Waals surface area contributed by atoms with Crippen molar-refractivity contribution in [3.63, 3.8) is 0 Å². The van der Waals surface area contributed by atoms with Gasteiger partial charge < -0.3 is 5.73 Å². The summed E-state index contributed by atoms with van der Waals surface area (Å²) in [6, 6.07) is 5.11. The molecule has 1 aromatic rings. The van der Waals surface area contributed by atoms with E-state index in [-0.39, 0.29) is 16.9 Å². The van der Waals surface area contributed by atoms with Crippen LogP contribution in [0.1, 0.15) is 31.9 Å². The second-order valence-corrected chi connectivity index (χ2v) is 7.63. The van der Waals surface area contributed by atoms with Crippen LogP contribution in [0.5, 0.6) is 0 Å². The van der Waals surface area contributed by atoms with Crippen LogP contribution in [0.4, 0.5) is 0 Å².